The third-order valence-corrected chi connectivity index (χ3v) is 3.59. The molecule has 6 heteroatoms. The predicted molar refractivity (Wildman–Crippen MR) is 51.4 cm³/mol. The van der Waals surface area contributed by atoms with Crippen LogP contribution in [0, 0.1) is 0 Å². The van der Waals surface area contributed by atoms with E-state index < -0.39 is 15.7 Å². The van der Waals surface area contributed by atoms with Crippen molar-refractivity contribution in [2.24, 2.45) is 11.5 Å². The standard InChI is InChI=1S/C7H14Cl2N2O2/c8-6(9)3-1-2-5(11,4-10)7(6,12)13/h12-13H,1-4,10-11H2. The maximum Gasteiger partial charge on any atom is 0.216 e. The first-order valence-corrected chi connectivity index (χ1v) is 4.84. The number of rotatable bonds is 1. The number of nitrogens with two attached hydrogens (primary N) is 2. The molecule has 0 bridgehead atoms. The van der Waals surface area contributed by atoms with Gasteiger partial charge in [-0.2, -0.15) is 0 Å². The third kappa shape index (κ3) is 1.56. The zero-order chi connectivity index (χ0) is 10.3. The molecular formula is C7H14Cl2N2O2. The lowest BCUT2D eigenvalue weighted by molar-refractivity contribution is -0.229. The molecule has 1 aliphatic carbocycles. The first-order chi connectivity index (χ1) is 5.77. The molecule has 0 aliphatic heterocycles. The highest BCUT2D eigenvalue weighted by Crippen LogP contribution is 2.47. The largest absolute Gasteiger partial charge is 0.362 e. The average Bonchev–Trinajstić information content (AvgIpc) is 2.01. The molecule has 6 N–H and O–H groups in total. The van der Waals surface area contributed by atoms with Crippen molar-refractivity contribution in [2.75, 3.05) is 6.54 Å². The highest BCUT2D eigenvalue weighted by atomic mass is 35.5. The summed E-state index contributed by atoms with van der Waals surface area (Å²) in [6.45, 7) is -0.0683. The Morgan fingerprint density at radius 2 is 1.77 bits per heavy atom. The molecule has 13 heavy (non-hydrogen) atoms. The molecule has 0 heterocycles. The van der Waals surface area contributed by atoms with Crippen LogP contribution in [0.25, 0.3) is 0 Å². The molecule has 0 radical (unpaired) electrons. The van der Waals surface area contributed by atoms with E-state index in [9.17, 15) is 10.2 Å². The molecule has 1 rings (SSSR count). The highest BCUT2D eigenvalue weighted by molar-refractivity contribution is 6.49. The summed E-state index contributed by atoms with van der Waals surface area (Å²) in [6, 6.07) is 0. The van der Waals surface area contributed by atoms with Crippen LogP contribution >= 0.6 is 23.2 Å². The monoisotopic (exact) mass is 228 g/mol. The van der Waals surface area contributed by atoms with Crippen molar-refractivity contribution in [1.29, 1.82) is 0 Å². The van der Waals surface area contributed by atoms with Crippen molar-refractivity contribution >= 4 is 23.2 Å². The van der Waals surface area contributed by atoms with Gasteiger partial charge < -0.3 is 21.7 Å². The van der Waals surface area contributed by atoms with Crippen molar-refractivity contribution < 1.29 is 10.2 Å². The lowest BCUT2D eigenvalue weighted by Gasteiger charge is -2.50. The van der Waals surface area contributed by atoms with Gasteiger partial charge in [0.1, 0.15) is 0 Å². The summed E-state index contributed by atoms with van der Waals surface area (Å²) in [5.41, 5.74) is 9.77. The molecule has 78 valence electrons. The third-order valence-electron chi connectivity index (χ3n) is 2.68. The average molecular weight is 229 g/mol. The maximum atomic E-state index is 9.71. The Kier molecular flexibility index (Phi) is 2.85. The Morgan fingerprint density at radius 1 is 1.23 bits per heavy atom. The van der Waals surface area contributed by atoms with Crippen LogP contribution in [0.2, 0.25) is 0 Å². The Hall–Kier alpha value is 0.420. The van der Waals surface area contributed by atoms with Gasteiger partial charge in [0, 0.05) is 6.54 Å². The van der Waals surface area contributed by atoms with Crippen LogP contribution in [-0.4, -0.2) is 32.4 Å². The summed E-state index contributed by atoms with van der Waals surface area (Å²) >= 11 is 11.5. The topological polar surface area (TPSA) is 92.5 Å². The van der Waals surface area contributed by atoms with E-state index in [1.165, 1.54) is 0 Å². The van der Waals surface area contributed by atoms with Crippen LogP contribution in [0.5, 0.6) is 0 Å². The maximum absolute atomic E-state index is 9.71. The molecular weight excluding hydrogens is 215 g/mol. The number of hydrogen-bond donors (Lipinski definition) is 4. The molecule has 0 aromatic heterocycles. The Labute approximate surface area is 86.8 Å². The SMILES string of the molecule is NCC1(N)CCCC(Cl)(Cl)C1(O)O. The summed E-state index contributed by atoms with van der Waals surface area (Å²) in [5.74, 6) is -2.34. The van der Waals surface area contributed by atoms with Crippen molar-refractivity contribution in [3.8, 4) is 0 Å². The number of halogens is 2. The summed E-state index contributed by atoms with van der Waals surface area (Å²) in [4.78, 5) is 0. The fourth-order valence-electron chi connectivity index (χ4n) is 1.58. The molecule has 0 spiro atoms. The van der Waals surface area contributed by atoms with E-state index in [1.807, 2.05) is 0 Å². The Balaban J connectivity index is 3.01. The van der Waals surface area contributed by atoms with Crippen LogP contribution in [0.1, 0.15) is 19.3 Å². The first kappa shape index (κ1) is 11.5. The van der Waals surface area contributed by atoms with Gasteiger partial charge in [-0.3, -0.25) is 0 Å². The van der Waals surface area contributed by atoms with E-state index in [-0.39, 0.29) is 6.54 Å². The van der Waals surface area contributed by atoms with E-state index >= 15 is 0 Å². The summed E-state index contributed by atoms with van der Waals surface area (Å²) < 4.78 is -1.64. The molecule has 1 saturated carbocycles. The highest BCUT2D eigenvalue weighted by Gasteiger charge is 2.61. The number of hydrogen-bond acceptors (Lipinski definition) is 4. The molecule has 0 aromatic carbocycles. The summed E-state index contributed by atoms with van der Waals surface area (Å²) in [5, 5.41) is 19.4. The second-order valence-electron chi connectivity index (χ2n) is 3.59. The normalized spacial score (nSPS) is 37.4. The van der Waals surface area contributed by atoms with Crippen LogP contribution in [0.4, 0.5) is 0 Å². The molecule has 4 nitrogen and oxygen atoms in total. The minimum atomic E-state index is -2.34. The van der Waals surface area contributed by atoms with Crippen LogP contribution < -0.4 is 11.5 Å². The van der Waals surface area contributed by atoms with E-state index in [4.69, 9.17) is 34.7 Å². The van der Waals surface area contributed by atoms with Crippen LogP contribution in [0.3, 0.4) is 0 Å². The second kappa shape index (κ2) is 3.22. The van der Waals surface area contributed by atoms with Crippen LogP contribution in [-0.2, 0) is 0 Å². The summed E-state index contributed by atoms with van der Waals surface area (Å²) in [7, 11) is 0. The second-order valence-corrected chi connectivity index (χ2v) is 5.07. The Morgan fingerprint density at radius 3 is 2.15 bits per heavy atom. The van der Waals surface area contributed by atoms with Crippen molar-refractivity contribution in [3.63, 3.8) is 0 Å². The van der Waals surface area contributed by atoms with Gasteiger partial charge in [-0.15, -0.1) is 0 Å². The Bertz CT molecular complexity index is 211. The van der Waals surface area contributed by atoms with Gasteiger partial charge >= 0.3 is 0 Å². The minimum absolute atomic E-state index is 0.0683. The van der Waals surface area contributed by atoms with Gasteiger partial charge in [0.05, 0.1) is 5.54 Å². The number of aliphatic hydroxyl groups is 2. The zero-order valence-corrected chi connectivity index (χ0v) is 8.65. The van der Waals surface area contributed by atoms with Gasteiger partial charge in [0.2, 0.25) is 5.79 Å². The minimum Gasteiger partial charge on any atom is -0.362 e. The number of alkyl halides is 2. The fraction of sp³-hybridized carbons (Fsp3) is 1.00. The van der Waals surface area contributed by atoms with E-state index in [0.29, 0.717) is 19.3 Å². The molecule has 1 aliphatic rings. The lowest BCUT2D eigenvalue weighted by atomic mass is 9.76. The molecule has 1 unspecified atom stereocenters. The van der Waals surface area contributed by atoms with Gasteiger partial charge in [-0.25, -0.2) is 0 Å². The van der Waals surface area contributed by atoms with Crippen molar-refractivity contribution in [2.45, 2.75) is 34.9 Å². The quantitative estimate of drug-likeness (QED) is 0.366. The molecule has 1 atom stereocenters. The summed E-state index contributed by atoms with van der Waals surface area (Å²) in [6.07, 6.45) is 1.32. The van der Waals surface area contributed by atoms with Crippen molar-refractivity contribution in [3.05, 3.63) is 0 Å². The van der Waals surface area contributed by atoms with Gasteiger partial charge in [0.15, 0.2) is 4.33 Å². The van der Waals surface area contributed by atoms with Gasteiger partial charge in [-0.1, -0.05) is 23.2 Å². The first-order valence-electron chi connectivity index (χ1n) is 4.08. The zero-order valence-electron chi connectivity index (χ0n) is 7.13. The fourth-order valence-corrected chi connectivity index (χ4v) is 2.23. The molecule has 0 amide bonds. The van der Waals surface area contributed by atoms with Gasteiger partial charge in [0.25, 0.3) is 0 Å². The molecule has 0 aromatic rings. The molecule has 0 saturated heterocycles. The smallest absolute Gasteiger partial charge is 0.216 e. The predicted octanol–water partition coefficient (Wildman–Crippen LogP) is -0.319. The van der Waals surface area contributed by atoms with Crippen LogP contribution in [0.15, 0.2) is 0 Å². The van der Waals surface area contributed by atoms with E-state index in [1.54, 1.807) is 0 Å². The molecule has 1 fully saturated rings. The van der Waals surface area contributed by atoms with E-state index in [0.717, 1.165) is 0 Å². The van der Waals surface area contributed by atoms with Gasteiger partial charge in [-0.05, 0) is 19.3 Å². The van der Waals surface area contributed by atoms with Crippen molar-refractivity contribution in [1.82, 2.24) is 0 Å². The van der Waals surface area contributed by atoms with E-state index in [2.05, 4.69) is 0 Å². The lowest BCUT2D eigenvalue weighted by Crippen LogP contribution is -2.73.